The highest BCUT2D eigenvalue weighted by Gasteiger charge is 2.52. The average molecular weight is 275 g/mol. The van der Waals surface area contributed by atoms with Gasteiger partial charge in [-0.25, -0.2) is 13.1 Å². The van der Waals surface area contributed by atoms with Gasteiger partial charge < -0.3 is 5.11 Å². The van der Waals surface area contributed by atoms with Crippen LogP contribution >= 0.6 is 0 Å². The summed E-state index contributed by atoms with van der Waals surface area (Å²) in [6.07, 6.45) is 2.72. The Morgan fingerprint density at radius 1 is 1.33 bits per heavy atom. The van der Waals surface area contributed by atoms with Gasteiger partial charge in [0.15, 0.2) is 0 Å². The first-order chi connectivity index (χ1) is 8.30. The summed E-state index contributed by atoms with van der Waals surface area (Å²) in [6, 6.07) is -0.398. The Morgan fingerprint density at radius 3 is 2.50 bits per heavy atom. The van der Waals surface area contributed by atoms with Gasteiger partial charge in [0, 0.05) is 6.04 Å². The first kappa shape index (κ1) is 13.8. The highest BCUT2D eigenvalue weighted by atomic mass is 32.2. The second-order valence-corrected chi connectivity index (χ2v) is 7.81. The molecular formula is C12H21NO4S. The molecule has 6 heteroatoms. The van der Waals surface area contributed by atoms with Crippen LogP contribution in [-0.2, 0) is 14.8 Å². The van der Waals surface area contributed by atoms with E-state index in [9.17, 15) is 18.3 Å². The molecule has 0 aliphatic heterocycles. The highest BCUT2D eigenvalue weighted by molar-refractivity contribution is 7.89. The van der Waals surface area contributed by atoms with Crippen molar-refractivity contribution in [2.24, 2.45) is 23.7 Å². The molecule has 0 radical (unpaired) electrons. The largest absolute Gasteiger partial charge is 0.481 e. The summed E-state index contributed by atoms with van der Waals surface area (Å²) >= 11 is 0. The van der Waals surface area contributed by atoms with E-state index in [2.05, 4.69) is 4.72 Å². The van der Waals surface area contributed by atoms with Crippen LogP contribution in [0.25, 0.3) is 0 Å². The first-order valence-corrected chi connectivity index (χ1v) is 8.18. The third-order valence-electron chi connectivity index (χ3n) is 4.07. The normalized spacial score (nSPS) is 35.3. The van der Waals surface area contributed by atoms with E-state index < -0.39 is 28.0 Å². The maximum Gasteiger partial charge on any atom is 0.308 e. The number of fused-ring (bicyclic) bond motifs is 2. The third-order valence-corrected chi connectivity index (χ3v) is 5.81. The van der Waals surface area contributed by atoms with Gasteiger partial charge in [0.25, 0.3) is 0 Å². The monoisotopic (exact) mass is 275 g/mol. The Bertz CT molecular complexity index is 431. The molecule has 0 heterocycles. The summed E-state index contributed by atoms with van der Waals surface area (Å²) in [6.45, 7) is 3.68. The van der Waals surface area contributed by atoms with Crippen molar-refractivity contribution >= 4 is 16.0 Å². The fourth-order valence-electron chi connectivity index (χ4n) is 3.51. The third kappa shape index (κ3) is 2.69. The van der Waals surface area contributed by atoms with Gasteiger partial charge in [0.05, 0.1) is 11.7 Å². The van der Waals surface area contributed by atoms with Gasteiger partial charge >= 0.3 is 5.97 Å². The van der Waals surface area contributed by atoms with Crippen LogP contribution < -0.4 is 4.72 Å². The molecule has 2 bridgehead atoms. The van der Waals surface area contributed by atoms with Crippen LogP contribution in [0.15, 0.2) is 0 Å². The Balaban J connectivity index is 2.10. The molecule has 2 N–H and O–H groups in total. The molecule has 2 aliphatic carbocycles. The average Bonchev–Trinajstić information content (AvgIpc) is 2.73. The molecule has 0 amide bonds. The Kier molecular flexibility index (Phi) is 3.69. The lowest BCUT2D eigenvalue weighted by Crippen LogP contribution is -2.47. The van der Waals surface area contributed by atoms with E-state index in [1.807, 2.05) is 13.8 Å². The van der Waals surface area contributed by atoms with Gasteiger partial charge in [-0.05, 0) is 37.0 Å². The van der Waals surface area contributed by atoms with Gasteiger partial charge in [-0.2, -0.15) is 0 Å². The number of hydrogen-bond donors (Lipinski definition) is 2. The van der Waals surface area contributed by atoms with E-state index in [-0.39, 0.29) is 23.5 Å². The highest BCUT2D eigenvalue weighted by Crippen LogP contribution is 2.48. The molecule has 2 aliphatic rings. The maximum absolute atomic E-state index is 11.9. The zero-order chi connectivity index (χ0) is 13.5. The molecule has 4 unspecified atom stereocenters. The lowest BCUT2D eigenvalue weighted by Gasteiger charge is -2.28. The maximum atomic E-state index is 11.9. The van der Waals surface area contributed by atoms with Crippen LogP contribution in [0.3, 0.4) is 0 Å². The minimum absolute atomic E-state index is 0.0457. The molecule has 104 valence electrons. The molecule has 18 heavy (non-hydrogen) atoms. The topological polar surface area (TPSA) is 83.5 Å². The Morgan fingerprint density at radius 2 is 1.94 bits per heavy atom. The Labute approximate surface area is 108 Å². The van der Waals surface area contributed by atoms with Crippen LogP contribution in [0, 0.1) is 23.7 Å². The van der Waals surface area contributed by atoms with Crippen LogP contribution in [0.5, 0.6) is 0 Å². The summed E-state index contributed by atoms with van der Waals surface area (Å²) in [4.78, 5) is 11.3. The molecule has 0 spiro atoms. The molecule has 2 rings (SSSR count). The number of sulfonamides is 1. The van der Waals surface area contributed by atoms with Crippen LogP contribution in [0.4, 0.5) is 0 Å². The summed E-state index contributed by atoms with van der Waals surface area (Å²) in [5.41, 5.74) is 0. The minimum Gasteiger partial charge on any atom is -0.481 e. The number of rotatable bonds is 5. The fourth-order valence-corrected chi connectivity index (χ4v) is 5.24. The standard InChI is InChI=1S/C12H21NO4S/c1-7(2)6-18(16,17)13-11-9-4-3-8(5-9)10(11)12(14)15/h7-11,13H,3-6H2,1-2H3,(H,14,15). The molecule has 4 atom stereocenters. The van der Waals surface area contributed by atoms with E-state index in [1.54, 1.807) is 0 Å². The summed E-state index contributed by atoms with van der Waals surface area (Å²) < 4.78 is 26.5. The van der Waals surface area contributed by atoms with Gasteiger partial charge in [-0.15, -0.1) is 0 Å². The number of carbonyl (C=O) groups is 1. The van der Waals surface area contributed by atoms with Crippen molar-refractivity contribution in [2.75, 3.05) is 5.75 Å². The second kappa shape index (κ2) is 4.81. The lowest BCUT2D eigenvalue weighted by atomic mass is 9.85. The van der Waals surface area contributed by atoms with Crippen molar-refractivity contribution < 1.29 is 18.3 Å². The number of carboxylic acids is 1. The zero-order valence-corrected chi connectivity index (χ0v) is 11.6. The second-order valence-electron chi connectivity index (χ2n) is 6.02. The van der Waals surface area contributed by atoms with Crippen LogP contribution in [-0.4, -0.2) is 31.3 Å². The molecule has 0 aromatic heterocycles. The molecule has 2 fully saturated rings. The molecular weight excluding hydrogens is 254 g/mol. The number of nitrogens with one attached hydrogen (secondary N) is 1. The van der Waals surface area contributed by atoms with Gasteiger partial charge in [-0.1, -0.05) is 13.8 Å². The van der Waals surface area contributed by atoms with Crippen molar-refractivity contribution in [1.29, 1.82) is 0 Å². The molecule has 0 aromatic carbocycles. The van der Waals surface area contributed by atoms with Crippen LogP contribution in [0.2, 0.25) is 0 Å². The van der Waals surface area contributed by atoms with E-state index in [0.29, 0.717) is 0 Å². The molecule has 0 saturated heterocycles. The van der Waals surface area contributed by atoms with Crippen molar-refractivity contribution in [3.63, 3.8) is 0 Å². The quantitative estimate of drug-likeness (QED) is 0.786. The smallest absolute Gasteiger partial charge is 0.308 e. The number of hydrogen-bond acceptors (Lipinski definition) is 3. The van der Waals surface area contributed by atoms with Gasteiger partial charge in [0.1, 0.15) is 0 Å². The van der Waals surface area contributed by atoms with Crippen molar-refractivity contribution in [3.05, 3.63) is 0 Å². The fraction of sp³-hybridized carbons (Fsp3) is 0.917. The Hall–Kier alpha value is -0.620. The molecule has 0 aromatic rings. The lowest BCUT2D eigenvalue weighted by molar-refractivity contribution is -0.144. The SMILES string of the molecule is CC(C)CS(=O)(=O)NC1C2CCC(C2)C1C(=O)O. The first-order valence-electron chi connectivity index (χ1n) is 6.53. The summed E-state index contributed by atoms with van der Waals surface area (Å²) in [7, 11) is -3.37. The molecule has 5 nitrogen and oxygen atoms in total. The predicted octanol–water partition coefficient (Wildman–Crippen LogP) is 1.06. The summed E-state index contributed by atoms with van der Waals surface area (Å²) in [5, 5.41) is 9.25. The van der Waals surface area contributed by atoms with Crippen molar-refractivity contribution in [2.45, 2.75) is 39.2 Å². The van der Waals surface area contributed by atoms with E-state index in [0.717, 1.165) is 19.3 Å². The van der Waals surface area contributed by atoms with Crippen molar-refractivity contribution in [1.82, 2.24) is 4.72 Å². The van der Waals surface area contributed by atoms with E-state index >= 15 is 0 Å². The zero-order valence-electron chi connectivity index (χ0n) is 10.8. The molecule has 2 saturated carbocycles. The summed E-state index contributed by atoms with van der Waals surface area (Å²) in [5.74, 6) is -0.931. The van der Waals surface area contributed by atoms with Crippen molar-refractivity contribution in [3.8, 4) is 0 Å². The van der Waals surface area contributed by atoms with Gasteiger partial charge in [-0.3, -0.25) is 4.79 Å². The number of aliphatic carboxylic acids is 1. The minimum atomic E-state index is -3.37. The van der Waals surface area contributed by atoms with E-state index in [4.69, 9.17) is 0 Å². The van der Waals surface area contributed by atoms with E-state index in [1.165, 1.54) is 0 Å². The number of carboxylic acid groups (broad SMARTS) is 1. The predicted molar refractivity (Wildman–Crippen MR) is 67.5 cm³/mol. The van der Waals surface area contributed by atoms with Crippen LogP contribution in [0.1, 0.15) is 33.1 Å². The van der Waals surface area contributed by atoms with Gasteiger partial charge in [0.2, 0.25) is 10.0 Å².